The smallest absolute Gasteiger partial charge is 0.0897 e. The summed E-state index contributed by atoms with van der Waals surface area (Å²) in [6, 6.07) is 0. The molecule has 0 aromatic rings. The Kier molecular flexibility index (Phi) is 9.48. The van der Waals surface area contributed by atoms with E-state index in [9.17, 15) is 5.11 Å². The molecule has 1 fully saturated rings. The zero-order valence-electron chi connectivity index (χ0n) is 11.7. The lowest BCUT2D eigenvalue weighted by Gasteiger charge is -2.16. The van der Waals surface area contributed by atoms with Gasteiger partial charge >= 0.3 is 0 Å². The Bertz CT molecular complexity index is 184. The summed E-state index contributed by atoms with van der Waals surface area (Å²) >= 11 is 0. The van der Waals surface area contributed by atoms with E-state index in [1.54, 1.807) is 0 Å². The van der Waals surface area contributed by atoms with Crippen molar-refractivity contribution in [3.8, 4) is 0 Å². The third-order valence-corrected chi connectivity index (χ3v) is 3.27. The van der Waals surface area contributed by atoms with Gasteiger partial charge < -0.3 is 19.9 Å². The number of hydrogen-bond donors (Lipinski definition) is 2. The maximum atomic E-state index is 9.72. The van der Waals surface area contributed by atoms with Crippen molar-refractivity contribution >= 4 is 0 Å². The van der Waals surface area contributed by atoms with Crippen LogP contribution in [0.2, 0.25) is 0 Å². The summed E-state index contributed by atoms with van der Waals surface area (Å²) in [5, 5.41) is 12.9. The molecule has 1 aliphatic carbocycles. The van der Waals surface area contributed by atoms with Gasteiger partial charge in [-0.3, -0.25) is 0 Å². The molecule has 4 nitrogen and oxygen atoms in total. The maximum Gasteiger partial charge on any atom is 0.0897 e. The molecule has 0 saturated heterocycles. The van der Waals surface area contributed by atoms with Gasteiger partial charge in [0, 0.05) is 19.7 Å². The zero-order chi connectivity index (χ0) is 13.1. The largest absolute Gasteiger partial charge is 0.389 e. The van der Waals surface area contributed by atoms with Crippen molar-refractivity contribution in [3.05, 3.63) is 0 Å². The predicted molar refractivity (Wildman–Crippen MR) is 72.8 cm³/mol. The topological polar surface area (TPSA) is 50.7 Å². The summed E-state index contributed by atoms with van der Waals surface area (Å²) in [5.41, 5.74) is 0. The molecule has 108 valence electrons. The first-order valence-electron chi connectivity index (χ1n) is 7.41. The van der Waals surface area contributed by atoms with E-state index in [4.69, 9.17) is 9.47 Å². The summed E-state index contributed by atoms with van der Waals surface area (Å²) in [4.78, 5) is 0. The molecule has 18 heavy (non-hydrogen) atoms. The monoisotopic (exact) mass is 259 g/mol. The highest BCUT2D eigenvalue weighted by atomic mass is 16.5. The summed E-state index contributed by atoms with van der Waals surface area (Å²) in [5.74, 6) is 0. The van der Waals surface area contributed by atoms with Crippen LogP contribution in [0, 0.1) is 0 Å². The highest BCUT2D eigenvalue weighted by molar-refractivity contribution is 4.68. The van der Waals surface area contributed by atoms with Crippen LogP contribution in [0.4, 0.5) is 0 Å². The number of ether oxygens (including phenoxy) is 2. The van der Waals surface area contributed by atoms with Crippen LogP contribution in [0.1, 0.15) is 45.4 Å². The average molecular weight is 259 g/mol. The van der Waals surface area contributed by atoms with Crippen molar-refractivity contribution in [2.75, 3.05) is 32.9 Å². The second-order valence-corrected chi connectivity index (χ2v) is 5.06. The fraction of sp³-hybridized carbons (Fsp3) is 1.00. The summed E-state index contributed by atoms with van der Waals surface area (Å²) in [6.45, 7) is 5.55. The van der Waals surface area contributed by atoms with Crippen molar-refractivity contribution < 1.29 is 14.6 Å². The Morgan fingerprint density at radius 2 is 2.06 bits per heavy atom. The van der Waals surface area contributed by atoms with Gasteiger partial charge in [0.1, 0.15) is 0 Å². The Morgan fingerprint density at radius 1 is 1.28 bits per heavy atom. The van der Waals surface area contributed by atoms with Gasteiger partial charge in [-0.15, -0.1) is 0 Å². The molecule has 0 aliphatic heterocycles. The van der Waals surface area contributed by atoms with E-state index in [1.807, 2.05) is 0 Å². The van der Waals surface area contributed by atoms with Gasteiger partial charge in [-0.25, -0.2) is 0 Å². The number of unbranched alkanes of at least 4 members (excludes halogenated alkanes) is 1. The minimum Gasteiger partial charge on any atom is -0.389 e. The first kappa shape index (κ1) is 15.9. The van der Waals surface area contributed by atoms with Crippen molar-refractivity contribution in [1.29, 1.82) is 0 Å². The fourth-order valence-electron chi connectivity index (χ4n) is 2.12. The number of aliphatic hydroxyl groups is 1. The molecule has 1 atom stereocenters. The molecule has 1 saturated carbocycles. The lowest BCUT2D eigenvalue weighted by Crippen LogP contribution is -2.33. The van der Waals surface area contributed by atoms with E-state index in [0.29, 0.717) is 19.3 Å². The van der Waals surface area contributed by atoms with E-state index >= 15 is 0 Å². The standard InChI is InChI=1S/C14H29NO3/c1-2-3-9-17-10-8-15-11-13(16)12-18-14-6-4-5-7-14/h13-16H,2-12H2,1H3. The van der Waals surface area contributed by atoms with E-state index in [0.717, 1.165) is 39.0 Å². The molecular formula is C14H29NO3. The molecule has 0 spiro atoms. The van der Waals surface area contributed by atoms with Gasteiger partial charge in [0.2, 0.25) is 0 Å². The van der Waals surface area contributed by atoms with Crippen LogP contribution in [-0.2, 0) is 9.47 Å². The Labute approximate surface area is 111 Å². The normalized spacial score (nSPS) is 18.3. The lowest BCUT2D eigenvalue weighted by molar-refractivity contribution is -0.00592. The molecule has 0 amide bonds. The highest BCUT2D eigenvalue weighted by Crippen LogP contribution is 2.20. The molecular weight excluding hydrogens is 230 g/mol. The van der Waals surface area contributed by atoms with Gasteiger partial charge in [0.05, 0.1) is 25.4 Å². The molecule has 2 N–H and O–H groups in total. The minimum absolute atomic E-state index is 0.386. The number of aliphatic hydroxyl groups excluding tert-OH is 1. The molecule has 1 aliphatic rings. The van der Waals surface area contributed by atoms with E-state index < -0.39 is 6.10 Å². The molecule has 4 heteroatoms. The maximum absolute atomic E-state index is 9.72. The van der Waals surface area contributed by atoms with E-state index in [1.165, 1.54) is 19.3 Å². The van der Waals surface area contributed by atoms with Gasteiger partial charge in [-0.05, 0) is 19.3 Å². The van der Waals surface area contributed by atoms with E-state index in [2.05, 4.69) is 12.2 Å². The zero-order valence-corrected chi connectivity index (χ0v) is 11.7. The van der Waals surface area contributed by atoms with Crippen molar-refractivity contribution in [2.24, 2.45) is 0 Å². The molecule has 0 aromatic carbocycles. The molecule has 1 rings (SSSR count). The highest BCUT2D eigenvalue weighted by Gasteiger charge is 2.16. The van der Waals surface area contributed by atoms with Crippen LogP contribution < -0.4 is 5.32 Å². The van der Waals surface area contributed by atoms with Crippen molar-refractivity contribution in [3.63, 3.8) is 0 Å². The molecule has 0 aromatic heterocycles. The summed E-state index contributed by atoms with van der Waals surface area (Å²) < 4.78 is 11.1. The minimum atomic E-state index is -0.402. The summed E-state index contributed by atoms with van der Waals surface area (Å²) in [6.07, 6.45) is 7.14. The summed E-state index contributed by atoms with van der Waals surface area (Å²) in [7, 11) is 0. The second kappa shape index (κ2) is 10.7. The third kappa shape index (κ3) is 8.03. The first-order chi connectivity index (χ1) is 8.83. The van der Waals surface area contributed by atoms with Gasteiger partial charge in [0.15, 0.2) is 0 Å². The Morgan fingerprint density at radius 3 is 2.78 bits per heavy atom. The van der Waals surface area contributed by atoms with Crippen LogP contribution in [0.5, 0.6) is 0 Å². The van der Waals surface area contributed by atoms with Gasteiger partial charge in [-0.2, -0.15) is 0 Å². The van der Waals surface area contributed by atoms with Crippen LogP contribution in [-0.4, -0.2) is 50.2 Å². The quantitative estimate of drug-likeness (QED) is 0.555. The van der Waals surface area contributed by atoms with Crippen LogP contribution in [0.25, 0.3) is 0 Å². The van der Waals surface area contributed by atoms with Crippen LogP contribution in [0.15, 0.2) is 0 Å². The van der Waals surface area contributed by atoms with Crippen molar-refractivity contribution in [2.45, 2.75) is 57.7 Å². The number of hydrogen-bond acceptors (Lipinski definition) is 4. The van der Waals surface area contributed by atoms with E-state index in [-0.39, 0.29) is 0 Å². The van der Waals surface area contributed by atoms with Crippen LogP contribution in [0.3, 0.4) is 0 Å². The number of nitrogens with one attached hydrogen (secondary N) is 1. The SMILES string of the molecule is CCCCOCCNCC(O)COC1CCCC1. The van der Waals surface area contributed by atoms with Gasteiger partial charge in [0.25, 0.3) is 0 Å². The predicted octanol–water partition coefficient (Wildman–Crippen LogP) is 1.71. The molecule has 0 radical (unpaired) electrons. The number of rotatable bonds is 11. The Balaban J connectivity index is 1.82. The fourth-order valence-corrected chi connectivity index (χ4v) is 2.12. The van der Waals surface area contributed by atoms with Crippen molar-refractivity contribution in [1.82, 2.24) is 5.32 Å². The second-order valence-electron chi connectivity index (χ2n) is 5.06. The van der Waals surface area contributed by atoms with Gasteiger partial charge in [-0.1, -0.05) is 26.2 Å². The molecule has 0 bridgehead atoms. The average Bonchev–Trinajstić information content (AvgIpc) is 2.88. The first-order valence-corrected chi connectivity index (χ1v) is 7.41. The Hall–Kier alpha value is -0.160. The third-order valence-electron chi connectivity index (χ3n) is 3.27. The van der Waals surface area contributed by atoms with Crippen LogP contribution >= 0.6 is 0 Å². The lowest BCUT2D eigenvalue weighted by atomic mass is 10.3. The molecule has 0 heterocycles. The molecule has 1 unspecified atom stereocenters.